The number of rotatable bonds is 6. The number of nitrogens with zero attached hydrogens (tertiary/aromatic N) is 1. The number of aliphatic carboxylic acids is 1. The van der Waals surface area contributed by atoms with E-state index in [1.165, 1.54) is 0 Å². The van der Waals surface area contributed by atoms with Crippen LogP contribution in [0.2, 0.25) is 0 Å². The first-order valence-corrected chi connectivity index (χ1v) is 5.33. The van der Waals surface area contributed by atoms with Gasteiger partial charge in [-0.2, -0.15) is 0 Å². The molecule has 0 spiro atoms. The van der Waals surface area contributed by atoms with Gasteiger partial charge in [-0.05, 0) is 5.92 Å². The van der Waals surface area contributed by atoms with Crippen LogP contribution in [0.15, 0.2) is 0 Å². The normalized spacial score (nSPS) is 18.3. The van der Waals surface area contributed by atoms with Crippen LogP contribution in [0.1, 0.15) is 26.7 Å². The lowest BCUT2D eigenvalue weighted by Gasteiger charge is -2.39. The van der Waals surface area contributed by atoms with Crippen molar-refractivity contribution in [1.82, 2.24) is 0 Å². The lowest BCUT2D eigenvalue weighted by Crippen LogP contribution is -2.54. The van der Waals surface area contributed by atoms with E-state index in [0.29, 0.717) is 11.0 Å². The Labute approximate surface area is 92.1 Å². The SMILES string of the molecule is CCC(C)C(O)(CC(=O)[O-])C[N+](C)(C)C. The van der Waals surface area contributed by atoms with Crippen LogP contribution < -0.4 is 5.11 Å². The van der Waals surface area contributed by atoms with Gasteiger partial charge >= 0.3 is 0 Å². The van der Waals surface area contributed by atoms with Gasteiger partial charge in [-0.15, -0.1) is 0 Å². The van der Waals surface area contributed by atoms with Crippen LogP contribution in [0.25, 0.3) is 0 Å². The number of hydrogen-bond acceptors (Lipinski definition) is 3. The van der Waals surface area contributed by atoms with Gasteiger partial charge in [0.05, 0.1) is 21.1 Å². The van der Waals surface area contributed by atoms with Gasteiger partial charge in [0.25, 0.3) is 0 Å². The summed E-state index contributed by atoms with van der Waals surface area (Å²) < 4.78 is 0.536. The molecule has 0 saturated heterocycles. The number of hydrogen-bond donors (Lipinski definition) is 1. The second-order valence-electron chi connectivity index (χ2n) is 5.41. The maximum atomic E-state index is 10.6. The van der Waals surface area contributed by atoms with Gasteiger partial charge in [0, 0.05) is 12.4 Å². The Kier molecular flexibility index (Phi) is 4.74. The predicted molar refractivity (Wildman–Crippen MR) is 56.9 cm³/mol. The van der Waals surface area contributed by atoms with Crippen molar-refractivity contribution >= 4 is 5.97 Å². The molecule has 0 rings (SSSR count). The molecule has 90 valence electrons. The molecule has 4 heteroatoms. The van der Waals surface area contributed by atoms with E-state index in [1.54, 1.807) is 0 Å². The van der Waals surface area contributed by atoms with E-state index in [0.717, 1.165) is 6.42 Å². The van der Waals surface area contributed by atoms with Crippen molar-refractivity contribution in [2.24, 2.45) is 5.92 Å². The van der Waals surface area contributed by atoms with Crippen LogP contribution in [-0.2, 0) is 4.79 Å². The summed E-state index contributed by atoms with van der Waals surface area (Å²) in [7, 11) is 5.80. The highest BCUT2D eigenvalue weighted by Gasteiger charge is 2.38. The minimum Gasteiger partial charge on any atom is -0.550 e. The second kappa shape index (κ2) is 4.94. The molecule has 0 bridgehead atoms. The van der Waals surface area contributed by atoms with Crippen molar-refractivity contribution in [2.45, 2.75) is 32.3 Å². The predicted octanol–water partition coefficient (Wildman–Crippen LogP) is -0.390. The Morgan fingerprint density at radius 3 is 2.20 bits per heavy atom. The van der Waals surface area contributed by atoms with Gasteiger partial charge in [0.2, 0.25) is 0 Å². The zero-order valence-corrected chi connectivity index (χ0v) is 10.4. The molecule has 0 aromatic carbocycles. The number of carboxylic acid groups (broad SMARTS) is 1. The number of carbonyl (C=O) groups excluding carboxylic acids is 1. The molecule has 0 radical (unpaired) electrons. The highest BCUT2D eigenvalue weighted by atomic mass is 16.4. The molecule has 0 aliphatic rings. The fourth-order valence-electron chi connectivity index (χ4n) is 1.84. The van der Waals surface area contributed by atoms with E-state index in [-0.39, 0.29) is 12.3 Å². The van der Waals surface area contributed by atoms with Gasteiger partial charge in [-0.3, -0.25) is 0 Å². The zero-order valence-electron chi connectivity index (χ0n) is 10.4. The van der Waals surface area contributed by atoms with E-state index in [2.05, 4.69) is 0 Å². The number of carbonyl (C=O) groups is 1. The first kappa shape index (κ1) is 14.4. The Balaban J connectivity index is 4.77. The molecule has 0 aliphatic heterocycles. The Morgan fingerprint density at radius 1 is 1.47 bits per heavy atom. The number of quaternary nitrogens is 1. The molecule has 0 aliphatic carbocycles. The summed E-state index contributed by atoms with van der Waals surface area (Å²) in [5, 5.41) is 21.0. The summed E-state index contributed by atoms with van der Waals surface area (Å²) in [6, 6.07) is 0. The number of likely N-dealkylation sites (N-methyl/N-ethyl adjacent to an activating group) is 1. The summed E-state index contributed by atoms with van der Waals surface area (Å²) in [4.78, 5) is 10.6. The highest BCUT2D eigenvalue weighted by molar-refractivity contribution is 5.65. The summed E-state index contributed by atoms with van der Waals surface area (Å²) in [5.74, 6) is -1.24. The van der Waals surface area contributed by atoms with Crippen LogP contribution in [0.4, 0.5) is 0 Å². The van der Waals surface area contributed by atoms with Crippen molar-refractivity contribution in [2.75, 3.05) is 27.7 Å². The van der Waals surface area contributed by atoms with Crippen LogP contribution in [-0.4, -0.2) is 48.8 Å². The third-order valence-electron chi connectivity index (χ3n) is 2.73. The Bertz CT molecular complexity index is 222. The number of carboxylic acids is 1. The molecular formula is C11H23NO3. The van der Waals surface area contributed by atoms with E-state index < -0.39 is 11.6 Å². The molecule has 4 nitrogen and oxygen atoms in total. The van der Waals surface area contributed by atoms with E-state index >= 15 is 0 Å². The molecule has 1 N–H and O–H groups in total. The Hall–Kier alpha value is -0.610. The second-order valence-corrected chi connectivity index (χ2v) is 5.41. The minimum absolute atomic E-state index is 0.0484. The van der Waals surface area contributed by atoms with Gasteiger partial charge in [-0.1, -0.05) is 20.3 Å². The average Bonchev–Trinajstić information content (AvgIpc) is 1.97. The maximum Gasteiger partial charge on any atom is 0.121 e. The molecule has 0 aromatic heterocycles. The first-order chi connectivity index (χ1) is 6.60. The van der Waals surface area contributed by atoms with Crippen molar-refractivity contribution in [3.63, 3.8) is 0 Å². The lowest BCUT2D eigenvalue weighted by atomic mass is 9.83. The smallest absolute Gasteiger partial charge is 0.121 e. The van der Waals surface area contributed by atoms with Gasteiger partial charge in [0.15, 0.2) is 0 Å². The quantitative estimate of drug-likeness (QED) is 0.616. The molecular weight excluding hydrogens is 194 g/mol. The fraction of sp³-hybridized carbons (Fsp3) is 0.909. The van der Waals surface area contributed by atoms with Crippen LogP contribution in [0.5, 0.6) is 0 Å². The third-order valence-corrected chi connectivity index (χ3v) is 2.73. The molecule has 0 fully saturated rings. The standard InChI is InChI=1S/C11H23NO3/c1-6-9(2)11(15,7-10(13)14)8-12(3,4)5/h9,15H,6-8H2,1-5H3. The van der Waals surface area contributed by atoms with Gasteiger partial charge in [-0.25, -0.2) is 0 Å². The summed E-state index contributed by atoms with van der Waals surface area (Å²) in [6.07, 6.45) is 0.460. The summed E-state index contributed by atoms with van der Waals surface area (Å²) in [6.45, 7) is 4.23. The van der Waals surface area contributed by atoms with Crippen molar-refractivity contribution in [3.8, 4) is 0 Å². The van der Waals surface area contributed by atoms with E-state index in [1.807, 2.05) is 35.0 Å². The average molecular weight is 217 g/mol. The molecule has 15 heavy (non-hydrogen) atoms. The molecule has 0 heterocycles. The van der Waals surface area contributed by atoms with E-state index in [4.69, 9.17) is 0 Å². The first-order valence-electron chi connectivity index (χ1n) is 5.33. The maximum absolute atomic E-state index is 10.6. The fourth-order valence-corrected chi connectivity index (χ4v) is 1.84. The Morgan fingerprint density at radius 2 is 1.93 bits per heavy atom. The topological polar surface area (TPSA) is 60.4 Å². The monoisotopic (exact) mass is 217 g/mol. The van der Waals surface area contributed by atoms with Crippen molar-refractivity contribution < 1.29 is 19.5 Å². The minimum atomic E-state index is -1.19. The molecule has 2 atom stereocenters. The van der Waals surface area contributed by atoms with Crippen molar-refractivity contribution in [3.05, 3.63) is 0 Å². The highest BCUT2D eigenvalue weighted by Crippen LogP contribution is 2.26. The third kappa shape index (κ3) is 5.14. The molecule has 0 aromatic rings. The summed E-state index contributed by atoms with van der Waals surface area (Å²) >= 11 is 0. The lowest BCUT2D eigenvalue weighted by molar-refractivity contribution is -0.877. The summed E-state index contributed by atoms with van der Waals surface area (Å²) in [5.41, 5.74) is -1.17. The van der Waals surface area contributed by atoms with Gasteiger partial charge in [0.1, 0.15) is 12.1 Å². The van der Waals surface area contributed by atoms with Crippen LogP contribution in [0.3, 0.4) is 0 Å². The largest absolute Gasteiger partial charge is 0.550 e. The van der Waals surface area contributed by atoms with Crippen molar-refractivity contribution in [1.29, 1.82) is 0 Å². The zero-order chi connectivity index (χ0) is 12.3. The molecule has 0 saturated carbocycles. The number of aliphatic hydroxyl groups is 1. The van der Waals surface area contributed by atoms with Gasteiger partial charge < -0.3 is 19.5 Å². The van der Waals surface area contributed by atoms with E-state index in [9.17, 15) is 15.0 Å². The molecule has 0 amide bonds. The van der Waals surface area contributed by atoms with Crippen LogP contribution in [0, 0.1) is 5.92 Å². The van der Waals surface area contributed by atoms with Crippen LogP contribution >= 0.6 is 0 Å². The molecule has 2 unspecified atom stereocenters.